The van der Waals surface area contributed by atoms with Crippen molar-refractivity contribution in [2.45, 2.75) is 32.2 Å². The van der Waals surface area contributed by atoms with E-state index in [4.69, 9.17) is 5.73 Å². The van der Waals surface area contributed by atoms with Crippen LogP contribution in [0, 0.1) is 22.0 Å². The summed E-state index contributed by atoms with van der Waals surface area (Å²) in [4.78, 5) is 19.6. The zero-order chi connectivity index (χ0) is 21.6. The molecule has 1 fully saturated rings. The van der Waals surface area contributed by atoms with E-state index >= 15 is 0 Å². The molecule has 8 nitrogen and oxygen atoms in total. The van der Waals surface area contributed by atoms with E-state index in [9.17, 15) is 10.1 Å². The number of nitrogens with one attached hydrogen (secondary N) is 2. The monoisotopic (exact) mass is 420 g/mol. The van der Waals surface area contributed by atoms with Gasteiger partial charge in [-0.3, -0.25) is 10.1 Å². The highest BCUT2D eigenvalue weighted by Gasteiger charge is 2.22. The molecule has 0 spiro atoms. The standard InChI is InChI=1S/C23H28N6O2/c24-12-16-8-10-17(11-9-16)13-25-22-21(29(30)31)15-27-23(28-22)26-14-19-6-3-5-18-4-1-2-7-20(18)19/h1-7,15-17H,8-14,24H2,(H2,25,26,27,28). The van der Waals surface area contributed by atoms with Gasteiger partial charge < -0.3 is 16.4 Å². The maximum absolute atomic E-state index is 11.4. The van der Waals surface area contributed by atoms with Gasteiger partial charge in [0.15, 0.2) is 0 Å². The Hall–Kier alpha value is -3.26. The number of nitrogens with zero attached hydrogens (tertiary/aromatic N) is 3. The summed E-state index contributed by atoms with van der Waals surface area (Å²) in [6.07, 6.45) is 5.67. The van der Waals surface area contributed by atoms with Gasteiger partial charge in [0.1, 0.15) is 6.20 Å². The Kier molecular flexibility index (Phi) is 6.57. The molecule has 0 saturated heterocycles. The molecule has 1 aromatic heterocycles. The molecule has 0 radical (unpaired) electrons. The Bertz CT molecular complexity index is 1040. The van der Waals surface area contributed by atoms with E-state index in [2.05, 4.69) is 44.9 Å². The zero-order valence-corrected chi connectivity index (χ0v) is 17.5. The van der Waals surface area contributed by atoms with Crippen molar-refractivity contribution in [3.05, 3.63) is 64.3 Å². The summed E-state index contributed by atoms with van der Waals surface area (Å²) in [7, 11) is 0. The van der Waals surface area contributed by atoms with E-state index in [0.717, 1.165) is 48.6 Å². The predicted octanol–water partition coefficient (Wildman–Crippen LogP) is 4.33. The molecule has 1 saturated carbocycles. The van der Waals surface area contributed by atoms with Gasteiger partial charge in [0.25, 0.3) is 0 Å². The Morgan fingerprint density at radius 2 is 1.77 bits per heavy atom. The fourth-order valence-electron chi connectivity index (χ4n) is 4.26. The van der Waals surface area contributed by atoms with Crippen molar-refractivity contribution in [1.29, 1.82) is 0 Å². The van der Waals surface area contributed by atoms with Crippen LogP contribution in [-0.4, -0.2) is 28.0 Å². The SMILES string of the molecule is NCC1CCC(CNc2nc(NCc3cccc4ccccc34)ncc2[N+](=O)[O-])CC1. The Balaban J connectivity index is 1.44. The molecule has 4 N–H and O–H groups in total. The number of hydrogen-bond donors (Lipinski definition) is 3. The summed E-state index contributed by atoms with van der Waals surface area (Å²) in [5.74, 6) is 1.72. The van der Waals surface area contributed by atoms with Crippen LogP contribution in [0.2, 0.25) is 0 Å². The van der Waals surface area contributed by atoms with Crippen LogP contribution in [0.4, 0.5) is 17.5 Å². The minimum Gasteiger partial charge on any atom is -0.364 e. The highest BCUT2D eigenvalue weighted by molar-refractivity contribution is 5.85. The molecule has 1 aliphatic rings. The van der Waals surface area contributed by atoms with Crippen molar-refractivity contribution >= 4 is 28.2 Å². The van der Waals surface area contributed by atoms with Crippen LogP contribution < -0.4 is 16.4 Å². The highest BCUT2D eigenvalue weighted by atomic mass is 16.6. The third-order valence-corrected chi connectivity index (χ3v) is 6.14. The van der Waals surface area contributed by atoms with E-state index in [-0.39, 0.29) is 11.5 Å². The largest absolute Gasteiger partial charge is 0.364 e. The topological polar surface area (TPSA) is 119 Å². The molecule has 8 heteroatoms. The molecule has 1 aliphatic carbocycles. The lowest BCUT2D eigenvalue weighted by atomic mass is 9.82. The highest BCUT2D eigenvalue weighted by Crippen LogP contribution is 2.29. The molecule has 31 heavy (non-hydrogen) atoms. The lowest BCUT2D eigenvalue weighted by molar-refractivity contribution is -0.384. The Labute approximate surface area is 181 Å². The van der Waals surface area contributed by atoms with E-state index in [0.29, 0.717) is 30.9 Å². The molecule has 0 amide bonds. The molecule has 162 valence electrons. The minimum absolute atomic E-state index is 0.105. The molecule has 0 bridgehead atoms. The van der Waals surface area contributed by atoms with Crippen molar-refractivity contribution in [3.8, 4) is 0 Å². The van der Waals surface area contributed by atoms with E-state index in [1.165, 1.54) is 6.20 Å². The lowest BCUT2D eigenvalue weighted by Gasteiger charge is -2.27. The number of benzene rings is 2. The maximum Gasteiger partial charge on any atom is 0.329 e. The van der Waals surface area contributed by atoms with Gasteiger partial charge in [0.05, 0.1) is 4.92 Å². The van der Waals surface area contributed by atoms with Crippen LogP contribution in [0.1, 0.15) is 31.2 Å². The number of fused-ring (bicyclic) bond motifs is 1. The van der Waals surface area contributed by atoms with Crippen molar-refractivity contribution in [1.82, 2.24) is 9.97 Å². The second-order valence-corrected chi connectivity index (χ2v) is 8.18. The average Bonchev–Trinajstić information content (AvgIpc) is 2.81. The molecule has 3 aromatic rings. The second kappa shape index (κ2) is 9.70. The van der Waals surface area contributed by atoms with Crippen molar-refractivity contribution in [3.63, 3.8) is 0 Å². The Morgan fingerprint density at radius 1 is 1.03 bits per heavy atom. The van der Waals surface area contributed by atoms with Gasteiger partial charge in [-0.25, -0.2) is 4.98 Å². The normalized spacial score (nSPS) is 18.6. The first-order valence-electron chi connectivity index (χ1n) is 10.8. The molecule has 2 aromatic carbocycles. The molecule has 4 rings (SSSR count). The van der Waals surface area contributed by atoms with Crippen molar-refractivity contribution < 1.29 is 4.92 Å². The van der Waals surface area contributed by atoms with Crippen LogP contribution in [0.5, 0.6) is 0 Å². The van der Waals surface area contributed by atoms with Crippen LogP contribution in [0.25, 0.3) is 10.8 Å². The first-order valence-corrected chi connectivity index (χ1v) is 10.8. The van der Waals surface area contributed by atoms with Gasteiger partial charge in [0.2, 0.25) is 11.8 Å². The van der Waals surface area contributed by atoms with Crippen LogP contribution in [0.15, 0.2) is 48.7 Å². The van der Waals surface area contributed by atoms with Crippen molar-refractivity contribution in [2.75, 3.05) is 23.7 Å². The number of nitro groups is 1. The summed E-state index contributed by atoms with van der Waals surface area (Å²) >= 11 is 0. The van der Waals surface area contributed by atoms with Gasteiger partial charge in [0, 0.05) is 13.1 Å². The number of hydrogen-bond acceptors (Lipinski definition) is 7. The first-order chi connectivity index (χ1) is 15.1. The van der Waals surface area contributed by atoms with Gasteiger partial charge in [-0.05, 0) is 60.4 Å². The number of nitrogens with two attached hydrogens (primary N) is 1. The lowest BCUT2D eigenvalue weighted by Crippen LogP contribution is -2.25. The number of aromatic nitrogens is 2. The van der Waals surface area contributed by atoms with E-state index in [1.54, 1.807) is 0 Å². The van der Waals surface area contributed by atoms with Crippen LogP contribution in [0.3, 0.4) is 0 Å². The second-order valence-electron chi connectivity index (χ2n) is 8.18. The average molecular weight is 421 g/mol. The molecular formula is C23H28N6O2. The predicted molar refractivity (Wildman–Crippen MR) is 123 cm³/mol. The van der Waals surface area contributed by atoms with Crippen molar-refractivity contribution in [2.24, 2.45) is 17.6 Å². The summed E-state index contributed by atoms with van der Waals surface area (Å²) in [5, 5.41) is 20.2. The fourth-order valence-corrected chi connectivity index (χ4v) is 4.26. The molecular weight excluding hydrogens is 392 g/mol. The van der Waals surface area contributed by atoms with E-state index < -0.39 is 4.92 Å². The summed E-state index contributed by atoms with van der Waals surface area (Å²) in [6, 6.07) is 14.3. The van der Waals surface area contributed by atoms with Gasteiger partial charge >= 0.3 is 5.69 Å². The third kappa shape index (κ3) is 5.08. The minimum atomic E-state index is -0.442. The first kappa shape index (κ1) is 21.0. The number of anilines is 2. The molecule has 0 unspecified atom stereocenters. The van der Waals surface area contributed by atoms with Crippen LogP contribution in [-0.2, 0) is 6.54 Å². The third-order valence-electron chi connectivity index (χ3n) is 6.14. The smallest absolute Gasteiger partial charge is 0.329 e. The summed E-state index contributed by atoms with van der Waals surface area (Å²) in [6.45, 7) is 1.93. The van der Waals surface area contributed by atoms with Gasteiger partial charge in [-0.15, -0.1) is 0 Å². The summed E-state index contributed by atoms with van der Waals surface area (Å²) in [5.41, 5.74) is 6.78. The number of rotatable bonds is 8. The quantitative estimate of drug-likeness (QED) is 0.366. The Morgan fingerprint density at radius 3 is 2.55 bits per heavy atom. The van der Waals surface area contributed by atoms with Crippen LogP contribution >= 0.6 is 0 Å². The van der Waals surface area contributed by atoms with Gasteiger partial charge in [-0.2, -0.15) is 4.98 Å². The van der Waals surface area contributed by atoms with Gasteiger partial charge in [-0.1, -0.05) is 42.5 Å². The van der Waals surface area contributed by atoms with E-state index in [1.807, 2.05) is 18.2 Å². The summed E-state index contributed by atoms with van der Waals surface area (Å²) < 4.78 is 0. The molecule has 1 heterocycles. The molecule has 0 aliphatic heterocycles. The zero-order valence-electron chi connectivity index (χ0n) is 17.5. The fraction of sp³-hybridized carbons (Fsp3) is 0.391. The maximum atomic E-state index is 11.4. The molecule has 0 atom stereocenters.